The molecule has 1 unspecified atom stereocenters. The highest BCUT2D eigenvalue weighted by Crippen LogP contribution is 2.26. The van der Waals surface area contributed by atoms with Crippen molar-refractivity contribution in [3.8, 4) is 11.5 Å². The van der Waals surface area contributed by atoms with Crippen LogP contribution in [0.2, 0.25) is 0 Å². The molecule has 0 aliphatic rings. The highest BCUT2D eigenvalue weighted by molar-refractivity contribution is 7.84. The van der Waals surface area contributed by atoms with Crippen molar-refractivity contribution < 1.29 is 38.4 Å². The third-order valence-electron chi connectivity index (χ3n) is 2.75. The van der Waals surface area contributed by atoms with Crippen LogP contribution < -0.4 is 9.47 Å². The summed E-state index contributed by atoms with van der Waals surface area (Å²) in [6.45, 7) is -6.89. The number of ether oxygens (including phenoxy) is 2. The van der Waals surface area contributed by atoms with Crippen molar-refractivity contribution in [3.63, 3.8) is 0 Å². The molecule has 7 heteroatoms. The quantitative estimate of drug-likeness (QED) is 0.754. The molecule has 0 fully saturated rings. The van der Waals surface area contributed by atoms with Gasteiger partial charge in [-0.3, -0.25) is 9.19 Å². The SMILES string of the molecule is [2H]c1nc(C([2H])([2H])S(=O)c2nc3c([2H])c([2H])c(OC([2H])([2H])[2H])c([2H])c3[nH]2)c(C([2H])([2H])[2H])c(OC([2H])([2H])[2H])c1C([2H])([2H])[2H]. The molecule has 1 atom stereocenters. The maximum absolute atomic E-state index is 13.5. The van der Waals surface area contributed by atoms with Crippen molar-refractivity contribution in [3.05, 3.63) is 41.1 Å². The maximum atomic E-state index is 13.5. The fraction of sp³-hybridized carbons (Fsp3) is 0.294. The molecule has 0 saturated heterocycles. The fourth-order valence-electron chi connectivity index (χ4n) is 1.70. The largest absolute Gasteiger partial charge is 0.497 e. The van der Waals surface area contributed by atoms with Crippen LogP contribution in [0, 0.1) is 13.7 Å². The second kappa shape index (κ2) is 6.60. The van der Waals surface area contributed by atoms with E-state index >= 15 is 0 Å². The van der Waals surface area contributed by atoms with Gasteiger partial charge in [0.05, 0.1) is 61.0 Å². The molecule has 0 aliphatic carbocycles. The Balaban J connectivity index is 2.34. The van der Waals surface area contributed by atoms with Crippen LogP contribution >= 0.6 is 0 Å². The minimum absolute atomic E-state index is 0.497. The number of hydrogen-bond acceptors (Lipinski definition) is 5. The van der Waals surface area contributed by atoms with E-state index in [2.05, 4.69) is 24.4 Å². The number of imidazole rings is 1. The van der Waals surface area contributed by atoms with E-state index in [-0.39, 0.29) is 0 Å². The maximum Gasteiger partial charge on any atom is 0.197 e. The Morgan fingerprint density at radius 3 is 3.08 bits per heavy atom. The number of nitrogens with zero attached hydrogens (tertiary/aromatic N) is 2. The lowest BCUT2D eigenvalue weighted by molar-refractivity contribution is 0.407. The van der Waals surface area contributed by atoms with E-state index in [1.54, 1.807) is 0 Å². The zero-order valence-corrected chi connectivity index (χ0v) is 12.3. The summed E-state index contributed by atoms with van der Waals surface area (Å²) in [5.74, 6) is -2.27. The number of aromatic amines is 1. The monoisotopic (exact) mass is 363 g/mol. The minimum Gasteiger partial charge on any atom is -0.497 e. The summed E-state index contributed by atoms with van der Waals surface area (Å²) in [5, 5.41) is -0.870. The molecule has 0 aliphatic heterocycles. The number of aromatic nitrogens is 3. The Labute approximate surface area is 168 Å². The van der Waals surface area contributed by atoms with Crippen LogP contribution in [-0.2, 0) is 16.5 Å². The number of benzene rings is 1. The van der Waals surface area contributed by atoms with E-state index in [4.69, 9.17) is 24.7 Å². The number of rotatable bonds is 5. The van der Waals surface area contributed by atoms with Crippen molar-refractivity contribution >= 4 is 21.8 Å². The minimum atomic E-state index is -3.54. The van der Waals surface area contributed by atoms with Crippen molar-refractivity contribution in [2.24, 2.45) is 0 Å². The van der Waals surface area contributed by atoms with Gasteiger partial charge in [-0.05, 0) is 25.8 Å². The molecular formula is C17H19N3O3S. The summed E-state index contributed by atoms with van der Waals surface area (Å²) >= 11 is 0. The van der Waals surface area contributed by atoms with E-state index in [1.807, 2.05) is 0 Å². The second-order valence-corrected chi connectivity index (χ2v) is 5.32. The summed E-state index contributed by atoms with van der Waals surface area (Å²) in [6, 6.07) is -2.50. The lowest BCUT2D eigenvalue weighted by Gasteiger charge is -2.11. The highest BCUT2D eigenvalue weighted by Gasteiger charge is 2.16. The van der Waals surface area contributed by atoms with Gasteiger partial charge in [0, 0.05) is 34.3 Å². The molecule has 6 nitrogen and oxygen atoms in total. The number of fused-ring (bicyclic) bond motifs is 1. The van der Waals surface area contributed by atoms with Gasteiger partial charge in [0.1, 0.15) is 11.5 Å². The third-order valence-corrected chi connectivity index (χ3v) is 3.68. The molecule has 0 bridgehead atoms. The Kier molecular flexibility index (Phi) is 1.46. The van der Waals surface area contributed by atoms with E-state index in [9.17, 15) is 4.21 Å². The van der Waals surface area contributed by atoms with Crippen molar-refractivity contribution in [2.45, 2.75) is 24.6 Å². The van der Waals surface area contributed by atoms with Crippen molar-refractivity contribution in [1.82, 2.24) is 15.0 Å². The number of hydrogen-bond donors (Lipinski definition) is 1. The first-order valence-corrected chi connectivity index (χ1v) is 7.19. The first kappa shape index (κ1) is 5.29. The highest BCUT2D eigenvalue weighted by atomic mass is 32.2. The molecule has 24 heavy (non-hydrogen) atoms. The van der Waals surface area contributed by atoms with Crippen LogP contribution in [-0.4, -0.2) is 33.2 Å². The van der Waals surface area contributed by atoms with Crippen LogP contribution in [0.5, 0.6) is 11.5 Å². The predicted octanol–water partition coefficient (Wildman–Crippen LogP) is 2.90. The van der Waals surface area contributed by atoms with Gasteiger partial charge in [-0.15, -0.1) is 0 Å². The molecule has 126 valence electrons. The molecule has 1 aromatic carbocycles. The molecule has 0 spiro atoms. The van der Waals surface area contributed by atoms with Crippen LogP contribution in [0.3, 0.4) is 0 Å². The van der Waals surface area contributed by atoms with Gasteiger partial charge in [-0.25, -0.2) is 4.98 Å². The average molecular weight is 364 g/mol. The third kappa shape index (κ3) is 2.99. The van der Waals surface area contributed by atoms with E-state index in [0.717, 1.165) is 0 Å². The lowest BCUT2D eigenvalue weighted by Crippen LogP contribution is -2.05. The van der Waals surface area contributed by atoms with Gasteiger partial charge in [0.2, 0.25) is 0 Å². The average Bonchev–Trinajstić information content (AvgIpc) is 3.21. The molecule has 0 saturated carbocycles. The van der Waals surface area contributed by atoms with Gasteiger partial charge in [0.25, 0.3) is 0 Å². The number of H-pyrrole nitrogens is 1. The van der Waals surface area contributed by atoms with Gasteiger partial charge < -0.3 is 14.5 Å². The fourth-order valence-corrected chi connectivity index (χ4v) is 2.48. The van der Waals surface area contributed by atoms with Crippen molar-refractivity contribution in [2.75, 3.05) is 14.1 Å². The smallest absolute Gasteiger partial charge is 0.197 e. The van der Waals surface area contributed by atoms with Crippen LogP contribution in [0.15, 0.2) is 29.5 Å². The van der Waals surface area contributed by atoms with E-state index in [0.29, 0.717) is 0 Å². The number of nitrogens with one attached hydrogen (secondary N) is 1. The van der Waals surface area contributed by atoms with Gasteiger partial charge >= 0.3 is 0 Å². The van der Waals surface area contributed by atoms with Gasteiger partial charge in [-0.1, -0.05) is 0 Å². The molecule has 0 radical (unpaired) electrons. The summed E-state index contributed by atoms with van der Waals surface area (Å²) in [5.41, 5.74) is -8.50. The van der Waals surface area contributed by atoms with E-state index in [1.165, 1.54) is 0 Å². The first-order valence-electron chi connectivity index (χ1n) is 15.0. The molecule has 2 heterocycles. The molecule has 0 amide bonds. The molecule has 3 aromatic rings. The number of methoxy groups -OCH3 is 2. The molecule has 3 rings (SSSR count). The first-order chi connectivity index (χ1) is 18.7. The van der Waals surface area contributed by atoms with Crippen LogP contribution in [0.25, 0.3) is 11.0 Å². The van der Waals surface area contributed by atoms with Crippen LogP contribution in [0.1, 0.15) is 41.5 Å². The Hall–Kier alpha value is -2.41. The number of pyridine rings is 1. The van der Waals surface area contributed by atoms with Gasteiger partial charge in [0.15, 0.2) is 5.16 Å². The van der Waals surface area contributed by atoms with Crippen molar-refractivity contribution in [1.29, 1.82) is 0 Å². The zero-order valence-electron chi connectivity index (χ0n) is 29.5. The Morgan fingerprint density at radius 2 is 2.29 bits per heavy atom. The summed E-state index contributed by atoms with van der Waals surface area (Å²) < 4.78 is 163. The van der Waals surface area contributed by atoms with Crippen LogP contribution in [0.4, 0.5) is 0 Å². The molecule has 2 aromatic heterocycles. The summed E-state index contributed by atoms with van der Waals surface area (Å²) in [7, 11) is -9.79. The standard InChI is InChI=1S/C17H19N3O3S/c1-10-8-18-15(11(2)16(10)23-4)9-24(21)17-19-13-6-5-12(22-3)7-14(13)20-17/h5-8H,9H2,1-4H3,(H,19,20)/i1D3,2D3,3D3,4D3,5D,6D,7D,8D,9D2. The Bertz CT molecular complexity index is 1570. The topological polar surface area (TPSA) is 77.1 Å². The normalized spacial score (nSPS) is 26.0. The van der Waals surface area contributed by atoms with Gasteiger partial charge in [-0.2, -0.15) is 0 Å². The van der Waals surface area contributed by atoms with E-state index < -0.39 is 113 Å². The predicted molar refractivity (Wildman–Crippen MR) is 93.0 cm³/mol. The molecular weight excluding hydrogens is 326 g/mol. The zero-order chi connectivity index (χ0) is 32.5. The molecule has 1 N–H and O–H groups in total. The Morgan fingerprint density at radius 1 is 1.38 bits per heavy atom. The summed E-state index contributed by atoms with van der Waals surface area (Å²) in [4.78, 5) is 9.49. The second-order valence-electron chi connectivity index (χ2n) is 4.20. The lowest BCUT2D eigenvalue weighted by atomic mass is 10.1. The summed E-state index contributed by atoms with van der Waals surface area (Å²) in [6.07, 6.45) is -1.30.